The first-order valence-electron chi connectivity index (χ1n) is 4.17. The fourth-order valence-corrected chi connectivity index (χ4v) is 1.57. The number of anilines is 1. The van der Waals surface area contributed by atoms with E-state index in [4.69, 9.17) is 5.73 Å². The summed E-state index contributed by atoms with van der Waals surface area (Å²) in [5.74, 6) is 2.86. The Balaban J connectivity index is 2.62. The van der Waals surface area contributed by atoms with Crippen molar-refractivity contribution in [3.8, 4) is 0 Å². The molecule has 1 rings (SSSR count). The van der Waals surface area contributed by atoms with Gasteiger partial charge in [0.25, 0.3) is 0 Å². The van der Waals surface area contributed by atoms with Crippen LogP contribution in [0, 0.1) is 0 Å². The number of nitrogens with two attached hydrogens (primary N) is 1. The highest BCUT2D eigenvalue weighted by atomic mass is 32.2. The summed E-state index contributed by atoms with van der Waals surface area (Å²) in [4.78, 5) is 0. The van der Waals surface area contributed by atoms with E-state index in [9.17, 15) is 0 Å². The number of hydrogen-bond donors (Lipinski definition) is 1. The first-order chi connectivity index (χ1) is 5.77. The molecule has 3 nitrogen and oxygen atoms in total. The van der Waals surface area contributed by atoms with Crippen LogP contribution in [0.5, 0.6) is 0 Å². The second-order valence-corrected chi connectivity index (χ2v) is 3.79. The van der Waals surface area contributed by atoms with Gasteiger partial charge in [-0.15, -0.1) is 0 Å². The number of rotatable bonds is 4. The smallest absolute Gasteiger partial charge is 0.121 e. The summed E-state index contributed by atoms with van der Waals surface area (Å²) in [7, 11) is 0. The van der Waals surface area contributed by atoms with Gasteiger partial charge in [0.1, 0.15) is 5.82 Å². The van der Waals surface area contributed by atoms with E-state index in [2.05, 4.69) is 12.0 Å². The lowest BCUT2D eigenvalue weighted by atomic mass is 10.5. The van der Waals surface area contributed by atoms with Crippen molar-refractivity contribution in [3.63, 3.8) is 0 Å². The second kappa shape index (κ2) is 4.40. The van der Waals surface area contributed by atoms with Gasteiger partial charge in [0.05, 0.1) is 5.69 Å². The molecule has 1 aromatic rings. The number of thioether (sulfide) groups is 1. The van der Waals surface area contributed by atoms with Crippen LogP contribution in [0.25, 0.3) is 0 Å². The topological polar surface area (TPSA) is 43.8 Å². The Morgan fingerprint density at radius 2 is 2.33 bits per heavy atom. The molecular formula is C8H15N3S. The van der Waals surface area contributed by atoms with Gasteiger partial charge in [-0.3, -0.25) is 4.68 Å². The molecule has 0 radical (unpaired) electrons. The molecule has 1 heterocycles. The van der Waals surface area contributed by atoms with Crippen molar-refractivity contribution in [2.75, 3.05) is 11.5 Å². The number of nitrogens with zero attached hydrogens (tertiary/aromatic N) is 2. The Morgan fingerprint density at radius 3 is 2.83 bits per heavy atom. The van der Waals surface area contributed by atoms with Crippen molar-refractivity contribution in [1.29, 1.82) is 0 Å². The van der Waals surface area contributed by atoms with Crippen LogP contribution in [0.2, 0.25) is 0 Å². The summed E-state index contributed by atoms with van der Waals surface area (Å²) in [6, 6.07) is 1.95. The first-order valence-corrected chi connectivity index (χ1v) is 5.33. The summed E-state index contributed by atoms with van der Waals surface area (Å²) in [5.41, 5.74) is 6.80. The van der Waals surface area contributed by atoms with Gasteiger partial charge < -0.3 is 5.73 Å². The molecule has 0 fully saturated rings. The molecule has 0 atom stereocenters. The third-order valence-electron chi connectivity index (χ3n) is 1.62. The van der Waals surface area contributed by atoms with Crippen LogP contribution in [-0.2, 0) is 12.3 Å². The van der Waals surface area contributed by atoms with E-state index < -0.39 is 0 Å². The quantitative estimate of drug-likeness (QED) is 0.777. The monoisotopic (exact) mass is 185 g/mol. The predicted molar refractivity (Wildman–Crippen MR) is 54.1 cm³/mol. The molecule has 0 unspecified atom stereocenters. The molecule has 2 N–H and O–H groups in total. The average Bonchev–Trinajstić information content (AvgIpc) is 2.43. The van der Waals surface area contributed by atoms with E-state index in [1.54, 1.807) is 0 Å². The molecule has 0 saturated carbocycles. The van der Waals surface area contributed by atoms with Crippen LogP contribution in [-0.4, -0.2) is 15.5 Å². The van der Waals surface area contributed by atoms with Crippen LogP contribution < -0.4 is 5.73 Å². The zero-order valence-electron chi connectivity index (χ0n) is 7.58. The van der Waals surface area contributed by atoms with Gasteiger partial charge in [-0.2, -0.15) is 16.9 Å². The highest BCUT2D eigenvalue weighted by Crippen LogP contribution is 2.13. The highest BCUT2D eigenvalue weighted by Gasteiger charge is 2.01. The third-order valence-corrected chi connectivity index (χ3v) is 2.52. The van der Waals surface area contributed by atoms with E-state index in [0.29, 0.717) is 0 Å². The Bertz CT molecular complexity index is 244. The van der Waals surface area contributed by atoms with Crippen molar-refractivity contribution >= 4 is 17.6 Å². The maximum atomic E-state index is 5.71. The summed E-state index contributed by atoms with van der Waals surface area (Å²) in [6.45, 7) is 5.04. The molecule has 0 aliphatic rings. The molecule has 1 aromatic heterocycles. The molecule has 4 heteroatoms. The van der Waals surface area contributed by atoms with Crippen molar-refractivity contribution in [2.24, 2.45) is 0 Å². The van der Waals surface area contributed by atoms with Gasteiger partial charge in [0.15, 0.2) is 0 Å². The fourth-order valence-electron chi connectivity index (χ4n) is 1.02. The molecule has 0 amide bonds. The summed E-state index contributed by atoms with van der Waals surface area (Å²) in [5, 5.41) is 4.34. The van der Waals surface area contributed by atoms with E-state index in [0.717, 1.165) is 29.6 Å². The minimum absolute atomic E-state index is 0.768. The van der Waals surface area contributed by atoms with Gasteiger partial charge in [0, 0.05) is 18.4 Å². The molecule has 0 spiro atoms. The second-order valence-electron chi connectivity index (χ2n) is 2.51. The summed E-state index contributed by atoms with van der Waals surface area (Å²) in [6.07, 6.45) is 0. The summed E-state index contributed by atoms with van der Waals surface area (Å²) < 4.78 is 1.82. The maximum Gasteiger partial charge on any atom is 0.121 e. The minimum atomic E-state index is 0.768. The predicted octanol–water partition coefficient (Wildman–Crippen LogP) is 1.74. The Labute approximate surface area is 77.3 Å². The zero-order valence-corrected chi connectivity index (χ0v) is 8.40. The van der Waals surface area contributed by atoms with Crippen LogP contribution in [0.4, 0.5) is 5.82 Å². The molecule has 68 valence electrons. The summed E-state index contributed by atoms with van der Waals surface area (Å²) >= 11 is 1.86. The van der Waals surface area contributed by atoms with Crippen molar-refractivity contribution in [1.82, 2.24) is 9.78 Å². The zero-order chi connectivity index (χ0) is 8.97. The third kappa shape index (κ3) is 2.17. The minimum Gasteiger partial charge on any atom is -0.384 e. The van der Waals surface area contributed by atoms with Crippen molar-refractivity contribution in [3.05, 3.63) is 11.8 Å². The van der Waals surface area contributed by atoms with Crippen LogP contribution in [0.3, 0.4) is 0 Å². The SMILES string of the molecule is CCSCc1cc(N)n(CC)n1. The van der Waals surface area contributed by atoms with E-state index in [1.165, 1.54) is 0 Å². The molecule has 0 saturated heterocycles. The Kier molecular flexibility index (Phi) is 3.47. The van der Waals surface area contributed by atoms with Crippen LogP contribution >= 0.6 is 11.8 Å². The van der Waals surface area contributed by atoms with Crippen LogP contribution in [0.1, 0.15) is 19.5 Å². The van der Waals surface area contributed by atoms with Gasteiger partial charge in [-0.25, -0.2) is 0 Å². The largest absolute Gasteiger partial charge is 0.384 e. The number of aryl methyl sites for hydroxylation is 1. The first kappa shape index (κ1) is 9.45. The fraction of sp³-hybridized carbons (Fsp3) is 0.625. The normalized spacial score (nSPS) is 10.5. The Morgan fingerprint density at radius 1 is 1.58 bits per heavy atom. The number of nitrogen functional groups attached to an aromatic ring is 1. The molecule has 12 heavy (non-hydrogen) atoms. The molecule has 0 aromatic carbocycles. The van der Waals surface area contributed by atoms with Gasteiger partial charge in [0.2, 0.25) is 0 Å². The van der Waals surface area contributed by atoms with E-state index >= 15 is 0 Å². The number of hydrogen-bond acceptors (Lipinski definition) is 3. The van der Waals surface area contributed by atoms with Gasteiger partial charge in [-0.1, -0.05) is 6.92 Å². The Hall–Kier alpha value is -0.640. The number of aromatic nitrogens is 2. The average molecular weight is 185 g/mol. The van der Waals surface area contributed by atoms with Gasteiger partial charge in [-0.05, 0) is 12.7 Å². The molecule has 0 aliphatic heterocycles. The van der Waals surface area contributed by atoms with Crippen molar-refractivity contribution in [2.45, 2.75) is 26.1 Å². The van der Waals surface area contributed by atoms with Gasteiger partial charge >= 0.3 is 0 Å². The lowest BCUT2D eigenvalue weighted by molar-refractivity contribution is 0.662. The standard InChI is InChI=1S/C8H15N3S/c1-3-11-8(9)5-7(10-11)6-12-4-2/h5H,3-4,6,9H2,1-2H3. The molecule has 0 aliphatic carbocycles. The highest BCUT2D eigenvalue weighted by molar-refractivity contribution is 7.98. The van der Waals surface area contributed by atoms with E-state index in [-0.39, 0.29) is 0 Å². The maximum absolute atomic E-state index is 5.71. The van der Waals surface area contributed by atoms with Crippen molar-refractivity contribution < 1.29 is 0 Å². The lowest BCUT2D eigenvalue weighted by Crippen LogP contribution is -2.01. The molecule has 0 bridgehead atoms. The van der Waals surface area contributed by atoms with E-state index in [1.807, 2.05) is 29.4 Å². The lowest BCUT2D eigenvalue weighted by Gasteiger charge is -1.96. The molecular weight excluding hydrogens is 170 g/mol. The van der Waals surface area contributed by atoms with Crippen LogP contribution in [0.15, 0.2) is 6.07 Å².